The molecular weight excluding hydrogens is 226 g/mol. The lowest BCUT2D eigenvalue weighted by Crippen LogP contribution is -2.42. The number of amides is 1. The average molecular weight is 251 g/mol. The number of ether oxygens (including phenoxy) is 1. The minimum atomic E-state index is 0.185. The van der Waals surface area contributed by atoms with Crippen LogP contribution in [0.25, 0.3) is 0 Å². The minimum Gasteiger partial charge on any atom is -0.381 e. The Morgan fingerprint density at radius 2 is 1.67 bits per heavy atom. The molecule has 1 aliphatic carbocycles. The molecule has 0 aromatic heterocycles. The lowest BCUT2D eigenvalue weighted by molar-refractivity contribution is -0.136. The highest BCUT2D eigenvalue weighted by Gasteiger charge is 2.45. The van der Waals surface area contributed by atoms with E-state index in [-0.39, 0.29) is 5.41 Å². The van der Waals surface area contributed by atoms with E-state index in [0.717, 1.165) is 45.6 Å². The third-order valence-corrected chi connectivity index (χ3v) is 5.41. The van der Waals surface area contributed by atoms with Gasteiger partial charge in [-0.25, -0.2) is 0 Å². The number of hydrogen-bond donors (Lipinski definition) is 0. The Morgan fingerprint density at radius 1 is 1.06 bits per heavy atom. The van der Waals surface area contributed by atoms with Gasteiger partial charge in [0.25, 0.3) is 0 Å². The molecule has 1 spiro atoms. The van der Waals surface area contributed by atoms with E-state index in [9.17, 15) is 4.79 Å². The molecule has 102 valence electrons. The van der Waals surface area contributed by atoms with Crippen LogP contribution >= 0.6 is 0 Å². The van der Waals surface area contributed by atoms with E-state index >= 15 is 0 Å². The predicted molar refractivity (Wildman–Crippen MR) is 70.3 cm³/mol. The molecule has 0 aromatic carbocycles. The zero-order valence-electron chi connectivity index (χ0n) is 11.5. The van der Waals surface area contributed by atoms with Gasteiger partial charge in [-0.15, -0.1) is 0 Å². The van der Waals surface area contributed by atoms with Crippen molar-refractivity contribution in [2.24, 2.45) is 10.8 Å². The van der Waals surface area contributed by atoms with E-state index in [4.69, 9.17) is 4.74 Å². The summed E-state index contributed by atoms with van der Waals surface area (Å²) < 4.78 is 5.40. The van der Waals surface area contributed by atoms with Gasteiger partial charge in [0.05, 0.1) is 0 Å². The van der Waals surface area contributed by atoms with Crippen molar-refractivity contribution < 1.29 is 9.53 Å². The number of carbonyl (C=O) groups is 1. The maximum Gasteiger partial charge on any atom is 0.223 e. The van der Waals surface area contributed by atoms with E-state index < -0.39 is 0 Å². The van der Waals surface area contributed by atoms with E-state index in [1.54, 1.807) is 0 Å². The van der Waals surface area contributed by atoms with E-state index in [1.807, 2.05) is 0 Å². The van der Waals surface area contributed by atoms with Crippen LogP contribution in [0.2, 0.25) is 0 Å². The minimum absolute atomic E-state index is 0.185. The van der Waals surface area contributed by atoms with Gasteiger partial charge in [0, 0.05) is 32.7 Å². The SMILES string of the molecule is CC1(CC(=O)N2CCC3(CC2)CC3)CCOCC1. The molecule has 3 fully saturated rings. The van der Waals surface area contributed by atoms with Crippen molar-refractivity contribution in [2.45, 2.75) is 51.9 Å². The molecule has 1 saturated carbocycles. The summed E-state index contributed by atoms with van der Waals surface area (Å²) in [6.07, 6.45) is 8.11. The molecule has 3 heteroatoms. The van der Waals surface area contributed by atoms with Crippen molar-refractivity contribution in [2.75, 3.05) is 26.3 Å². The zero-order chi connectivity index (χ0) is 12.6. The Hall–Kier alpha value is -0.570. The van der Waals surface area contributed by atoms with Crippen molar-refractivity contribution in [1.29, 1.82) is 0 Å². The number of likely N-dealkylation sites (tertiary alicyclic amines) is 1. The summed E-state index contributed by atoms with van der Waals surface area (Å²) in [4.78, 5) is 14.5. The topological polar surface area (TPSA) is 29.5 Å². The molecule has 1 amide bonds. The summed E-state index contributed by atoms with van der Waals surface area (Å²) in [7, 11) is 0. The molecule has 0 radical (unpaired) electrons. The molecule has 3 nitrogen and oxygen atoms in total. The lowest BCUT2D eigenvalue weighted by atomic mass is 9.79. The van der Waals surface area contributed by atoms with Gasteiger partial charge in [-0.1, -0.05) is 6.92 Å². The van der Waals surface area contributed by atoms with Gasteiger partial charge in [-0.05, 0) is 49.4 Å². The molecule has 0 unspecified atom stereocenters. The molecule has 2 aliphatic heterocycles. The summed E-state index contributed by atoms with van der Waals surface area (Å²) in [5, 5.41) is 0. The van der Waals surface area contributed by atoms with Gasteiger partial charge < -0.3 is 9.64 Å². The first-order valence-electron chi connectivity index (χ1n) is 7.47. The van der Waals surface area contributed by atoms with Crippen molar-refractivity contribution in [3.63, 3.8) is 0 Å². The summed E-state index contributed by atoms with van der Waals surface area (Å²) in [5.74, 6) is 0.384. The second-order valence-electron chi connectivity index (χ2n) is 6.98. The summed E-state index contributed by atoms with van der Waals surface area (Å²) in [6, 6.07) is 0. The molecule has 0 aromatic rings. The van der Waals surface area contributed by atoms with E-state index in [0.29, 0.717) is 11.3 Å². The van der Waals surface area contributed by atoms with Crippen LogP contribution in [0.3, 0.4) is 0 Å². The van der Waals surface area contributed by atoms with E-state index in [1.165, 1.54) is 25.7 Å². The van der Waals surface area contributed by atoms with Crippen LogP contribution in [0, 0.1) is 10.8 Å². The quantitative estimate of drug-likeness (QED) is 0.755. The molecule has 2 heterocycles. The monoisotopic (exact) mass is 251 g/mol. The fourth-order valence-corrected chi connectivity index (χ4v) is 3.43. The van der Waals surface area contributed by atoms with Crippen molar-refractivity contribution in [3.05, 3.63) is 0 Å². The second-order valence-corrected chi connectivity index (χ2v) is 6.98. The fraction of sp³-hybridized carbons (Fsp3) is 0.933. The van der Waals surface area contributed by atoms with Gasteiger partial charge >= 0.3 is 0 Å². The molecule has 0 bridgehead atoms. The first-order chi connectivity index (χ1) is 8.61. The highest BCUT2D eigenvalue weighted by molar-refractivity contribution is 5.77. The highest BCUT2D eigenvalue weighted by Crippen LogP contribution is 2.53. The van der Waals surface area contributed by atoms with Crippen LogP contribution in [0.15, 0.2) is 0 Å². The molecule has 0 N–H and O–H groups in total. The first kappa shape index (κ1) is 12.5. The van der Waals surface area contributed by atoms with Gasteiger partial charge in [-0.3, -0.25) is 4.79 Å². The molecular formula is C15H25NO2. The van der Waals surface area contributed by atoms with Crippen molar-refractivity contribution >= 4 is 5.91 Å². The Kier molecular flexibility index (Phi) is 3.13. The predicted octanol–water partition coefficient (Wildman–Crippen LogP) is 2.60. The number of carbonyl (C=O) groups excluding carboxylic acids is 1. The van der Waals surface area contributed by atoms with Gasteiger partial charge in [-0.2, -0.15) is 0 Å². The second kappa shape index (κ2) is 4.52. The Balaban J connectivity index is 1.51. The Morgan fingerprint density at radius 3 is 2.22 bits per heavy atom. The zero-order valence-corrected chi connectivity index (χ0v) is 11.5. The molecule has 2 saturated heterocycles. The van der Waals surface area contributed by atoms with Crippen LogP contribution in [0.1, 0.15) is 51.9 Å². The normalized spacial score (nSPS) is 29.3. The third kappa shape index (κ3) is 2.56. The van der Waals surface area contributed by atoms with E-state index in [2.05, 4.69) is 11.8 Å². The van der Waals surface area contributed by atoms with Gasteiger partial charge in [0.15, 0.2) is 0 Å². The summed E-state index contributed by atoms with van der Waals surface area (Å²) in [5.41, 5.74) is 0.851. The number of hydrogen-bond acceptors (Lipinski definition) is 2. The number of nitrogens with zero attached hydrogens (tertiary/aromatic N) is 1. The van der Waals surface area contributed by atoms with Gasteiger partial charge in [0.2, 0.25) is 5.91 Å². The molecule has 0 atom stereocenters. The Labute approximate surface area is 110 Å². The Bertz CT molecular complexity index is 319. The van der Waals surface area contributed by atoms with Crippen LogP contribution in [0.4, 0.5) is 0 Å². The van der Waals surface area contributed by atoms with Crippen LogP contribution < -0.4 is 0 Å². The van der Waals surface area contributed by atoms with Gasteiger partial charge in [0.1, 0.15) is 0 Å². The van der Waals surface area contributed by atoms with Crippen LogP contribution in [0.5, 0.6) is 0 Å². The van der Waals surface area contributed by atoms with Crippen molar-refractivity contribution in [3.8, 4) is 0 Å². The smallest absolute Gasteiger partial charge is 0.223 e. The summed E-state index contributed by atoms with van der Waals surface area (Å²) in [6.45, 7) is 5.91. The summed E-state index contributed by atoms with van der Waals surface area (Å²) >= 11 is 0. The van der Waals surface area contributed by atoms with Crippen LogP contribution in [-0.4, -0.2) is 37.1 Å². The standard InChI is InChI=1S/C15H25NO2/c1-14(6-10-18-11-7-14)12-13(17)16-8-4-15(2-3-15)5-9-16/h2-12H2,1H3. The van der Waals surface area contributed by atoms with Crippen LogP contribution in [-0.2, 0) is 9.53 Å². The number of piperidine rings is 1. The third-order valence-electron chi connectivity index (χ3n) is 5.41. The largest absolute Gasteiger partial charge is 0.381 e. The number of rotatable bonds is 2. The van der Waals surface area contributed by atoms with Crippen molar-refractivity contribution in [1.82, 2.24) is 4.90 Å². The fourth-order valence-electron chi connectivity index (χ4n) is 3.43. The lowest BCUT2D eigenvalue weighted by Gasteiger charge is -2.37. The maximum atomic E-state index is 12.4. The highest BCUT2D eigenvalue weighted by atomic mass is 16.5. The molecule has 3 aliphatic rings. The maximum absolute atomic E-state index is 12.4. The molecule has 18 heavy (non-hydrogen) atoms. The average Bonchev–Trinajstić information content (AvgIpc) is 3.10. The first-order valence-corrected chi connectivity index (χ1v) is 7.47. The molecule has 3 rings (SSSR count).